The van der Waals surface area contributed by atoms with Crippen molar-refractivity contribution in [2.75, 3.05) is 6.54 Å². The van der Waals surface area contributed by atoms with E-state index in [1.54, 1.807) is 0 Å². The van der Waals surface area contributed by atoms with E-state index >= 15 is 0 Å². The number of hydrogen-bond donors (Lipinski definition) is 4. The first-order chi connectivity index (χ1) is 6.95. The number of amides is 1. The second-order valence-electron chi connectivity index (χ2n) is 2.83. The summed E-state index contributed by atoms with van der Waals surface area (Å²) in [6.07, 6.45) is -1.19. The summed E-state index contributed by atoms with van der Waals surface area (Å²) in [6, 6.07) is 0. The third-order valence-electron chi connectivity index (χ3n) is 1.47. The van der Waals surface area contributed by atoms with Crippen molar-refractivity contribution in [1.82, 2.24) is 5.06 Å². The molecule has 16 heavy (non-hydrogen) atoms. The summed E-state index contributed by atoms with van der Waals surface area (Å²) in [5, 5.41) is 27.3. The first-order valence-corrected chi connectivity index (χ1v) is 5.34. The fraction of sp³-hybridized carbons (Fsp3) is 0.571. The van der Waals surface area contributed by atoms with E-state index in [0.717, 1.165) is 11.9 Å². The zero-order valence-corrected chi connectivity index (χ0v) is 11.7. The molecule has 0 saturated heterocycles. The van der Waals surface area contributed by atoms with E-state index in [2.05, 4.69) is 0 Å². The molecule has 7 nitrogen and oxygen atoms in total. The Bertz CT molecular complexity index is 217. The number of nitrogens with zero attached hydrogens (tertiary/aromatic N) is 1. The minimum absolute atomic E-state index is 0. The molecule has 88 valence electrons. The predicted octanol–water partition coefficient (Wildman–Crippen LogP) is -4.87. The number of rotatable bonds is 7. The molecule has 0 aromatic carbocycles. The fourth-order valence-corrected chi connectivity index (χ4v) is 1.21. The van der Waals surface area contributed by atoms with Crippen LogP contribution in [0.2, 0.25) is 0 Å². The average molecular weight is 261 g/mol. The van der Waals surface area contributed by atoms with Crippen LogP contribution >= 0.6 is 8.38 Å². The summed E-state index contributed by atoms with van der Waals surface area (Å²) in [5.74, 6) is 0.892. The van der Waals surface area contributed by atoms with Crippen LogP contribution in [0.4, 0.5) is 0 Å². The number of aliphatic hydroxyl groups excluding tert-OH is 2. The Hall–Kier alpha value is 0.440. The Morgan fingerprint density at radius 1 is 1.44 bits per heavy atom. The zero-order chi connectivity index (χ0) is 11.8. The second kappa shape index (κ2) is 10.6. The Morgan fingerprint density at radius 3 is 2.44 bits per heavy atom. The predicted molar refractivity (Wildman–Crippen MR) is 49.5 cm³/mol. The largest absolute Gasteiger partial charge is 1.00 e. The molecular formula is C7H13NNaO6P. The van der Waals surface area contributed by atoms with Gasteiger partial charge >= 0.3 is 29.6 Å². The van der Waals surface area contributed by atoms with Crippen LogP contribution in [-0.2, 0) is 4.79 Å². The Balaban J connectivity index is 0. The molecule has 3 unspecified atom stereocenters. The van der Waals surface area contributed by atoms with Crippen LogP contribution in [-0.4, -0.2) is 50.5 Å². The van der Waals surface area contributed by atoms with Gasteiger partial charge in [0.1, 0.15) is 0 Å². The first kappa shape index (κ1) is 18.8. The molecule has 1 amide bonds. The molecule has 0 radical (unpaired) electrons. The first-order valence-electron chi connectivity index (χ1n) is 4.06. The van der Waals surface area contributed by atoms with Gasteiger partial charge in [-0.1, -0.05) is 11.9 Å². The average Bonchev–Trinajstić information content (AvgIpc) is 2.14. The summed E-state index contributed by atoms with van der Waals surface area (Å²) in [4.78, 5) is 28.5. The summed E-state index contributed by atoms with van der Waals surface area (Å²) in [7, 11) is -2.47. The van der Waals surface area contributed by atoms with E-state index in [1.165, 1.54) is 0 Å². The third-order valence-corrected chi connectivity index (χ3v) is 1.90. The van der Waals surface area contributed by atoms with Crippen molar-refractivity contribution in [3.8, 4) is 0 Å². The maximum atomic E-state index is 10.2. The maximum absolute atomic E-state index is 10.2. The molecule has 3 atom stereocenters. The van der Waals surface area contributed by atoms with Gasteiger partial charge in [0.25, 0.3) is 0 Å². The monoisotopic (exact) mass is 261 g/mol. The molecule has 4 N–H and O–H groups in total. The van der Waals surface area contributed by atoms with Crippen molar-refractivity contribution < 1.29 is 59.6 Å². The quantitative estimate of drug-likeness (QED) is 0.120. The molecule has 0 aromatic rings. The normalized spacial score (nSPS) is 16.3. The Morgan fingerprint density at radius 2 is 2.00 bits per heavy atom. The van der Waals surface area contributed by atoms with Crippen LogP contribution in [0.1, 0.15) is 6.42 Å². The summed E-state index contributed by atoms with van der Waals surface area (Å²) in [6.45, 7) is -0.334. The standard InChI is InChI=1S/C7H13NO6P.Na/c9-5-8(12)4-7(11)3-6(10)1-2-15(13)14;/h1-2,5-7,10-13H,3-4H2;/q-1;+1/b2-1+;. The van der Waals surface area contributed by atoms with Gasteiger partial charge in [0, 0.05) is 6.42 Å². The van der Waals surface area contributed by atoms with Crippen molar-refractivity contribution in [1.29, 1.82) is 0 Å². The number of carbonyl (C=O) groups excluding carboxylic acids is 1. The molecule has 0 bridgehead atoms. The van der Waals surface area contributed by atoms with Crippen LogP contribution in [0.5, 0.6) is 0 Å². The van der Waals surface area contributed by atoms with Crippen LogP contribution in [0.15, 0.2) is 11.9 Å². The van der Waals surface area contributed by atoms with Crippen LogP contribution < -0.4 is 34.5 Å². The maximum Gasteiger partial charge on any atom is 1.00 e. The van der Waals surface area contributed by atoms with E-state index in [9.17, 15) is 19.9 Å². The topological polar surface area (TPSA) is 124 Å². The van der Waals surface area contributed by atoms with Crippen molar-refractivity contribution in [3.63, 3.8) is 0 Å². The third kappa shape index (κ3) is 10.9. The van der Waals surface area contributed by atoms with Crippen LogP contribution in [0, 0.1) is 0 Å². The Labute approximate surface area is 116 Å². The molecule has 0 fully saturated rings. The van der Waals surface area contributed by atoms with Gasteiger partial charge < -0.3 is 20.0 Å². The van der Waals surface area contributed by atoms with Crippen molar-refractivity contribution in [3.05, 3.63) is 11.9 Å². The molecule has 0 aliphatic heterocycles. The van der Waals surface area contributed by atoms with Crippen molar-refractivity contribution in [2.45, 2.75) is 18.6 Å². The molecule has 0 aromatic heterocycles. The van der Waals surface area contributed by atoms with Gasteiger partial charge in [-0.25, -0.2) is 5.06 Å². The molecule has 0 rings (SSSR count). The molecule has 0 saturated carbocycles. The van der Waals surface area contributed by atoms with E-state index in [-0.39, 0.29) is 54.0 Å². The summed E-state index contributed by atoms with van der Waals surface area (Å²) < 4.78 is 0. The molecular weight excluding hydrogens is 248 g/mol. The van der Waals surface area contributed by atoms with Gasteiger partial charge in [0.15, 0.2) is 0 Å². The van der Waals surface area contributed by atoms with Gasteiger partial charge in [-0.15, -0.1) is 0 Å². The molecule has 0 aliphatic carbocycles. The second-order valence-corrected chi connectivity index (χ2v) is 3.73. The number of aliphatic hydroxyl groups is 2. The van der Waals surface area contributed by atoms with Crippen molar-refractivity contribution in [2.24, 2.45) is 0 Å². The number of hydrogen-bond acceptors (Lipinski definition) is 6. The van der Waals surface area contributed by atoms with E-state index in [4.69, 9.17) is 10.1 Å². The molecule has 9 heteroatoms. The number of hydroxylamine groups is 2. The smallest absolute Gasteiger partial charge is 0.805 e. The van der Waals surface area contributed by atoms with Gasteiger partial charge in [-0.2, -0.15) is 0 Å². The molecule has 0 aliphatic rings. The van der Waals surface area contributed by atoms with E-state index in [1.807, 2.05) is 0 Å². The molecule has 0 heterocycles. The van der Waals surface area contributed by atoms with Gasteiger partial charge in [0.2, 0.25) is 6.41 Å². The van der Waals surface area contributed by atoms with Gasteiger partial charge in [0.05, 0.1) is 18.8 Å². The minimum atomic E-state index is -2.47. The van der Waals surface area contributed by atoms with E-state index < -0.39 is 20.6 Å². The summed E-state index contributed by atoms with van der Waals surface area (Å²) in [5.41, 5.74) is 0. The van der Waals surface area contributed by atoms with Crippen LogP contribution in [0.25, 0.3) is 0 Å². The summed E-state index contributed by atoms with van der Waals surface area (Å²) >= 11 is 0. The zero-order valence-electron chi connectivity index (χ0n) is 8.80. The Kier molecular flexibility index (Phi) is 12.4. The van der Waals surface area contributed by atoms with Gasteiger partial charge in [-0.05, 0) is 8.38 Å². The minimum Gasteiger partial charge on any atom is -0.805 e. The fourth-order valence-electron chi connectivity index (χ4n) is 0.864. The van der Waals surface area contributed by atoms with Crippen molar-refractivity contribution >= 4 is 14.8 Å². The van der Waals surface area contributed by atoms with E-state index in [0.29, 0.717) is 0 Å². The number of carbonyl (C=O) groups is 1. The van der Waals surface area contributed by atoms with Gasteiger partial charge in [-0.3, -0.25) is 10.0 Å². The SMILES string of the molecule is O=CN(O)CC(O)CC(O)/C=C/P([O-])O.[Na+]. The molecule has 0 spiro atoms. The van der Waals surface area contributed by atoms with Crippen LogP contribution in [0.3, 0.4) is 0 Å².